The molecule has 1 amide bonds. The Balaban J connectivity index is 1.73. The maximum absolute atomic E-state index is 13.5. The quantitative estimate of drug-likeness (QED) is 0.346. The van der Waals surface area contributed by atoms with E-state index in [0.717, 1.165) is 5.56 Å². The van der Waals surface area contributed by atoms with Gasteiger partial charge in [-0.05, 0) is 30.2 Å². The Bertz CT molecular complexity index is 1430. The van der Waals surface area contributed by atoms with Crippen molar-refractivity contribution in [3.63, 3.8) is 0 Å². The molecule has 0 unspecified atom stereocenters. The van der Waals surface area contributed by atoms with Gasteiger partial charge in [0.2, 0.25) is 17.1 Å². The summed E-state index contributed by atoms with van der Waals surface area (Å²) in [5, 5.41) is 23.6. The first kappa shape index (κ1) is 24.6. The second-order valence-electron chi connectivity index (χ2n) is 8.43. The van der Waals surface area contributed by atoms with Gasteiger partial charge in [-0.1, -0.05) is 36.4 Å². The topological polar surface area (TPSA) is 127 Å². The van der Waals surface area contributed by atoms with Gasteiger partial charge >= 0.3 is 0 Å². The number of rotatable bonds is 8. The van der Waals surface area contributed by atoms with Crippen molar-refractivity contribution >= 4 is 5.91 Å². The van der Waals surface area contributed by atoms with Crippen LogP contribution in [0.15, 0.2) is 76.2 Å². The molecule has 4 aromatic rings. The van der Waals surface area contributed by atoms with Gasteiger partial charge in [0, 0.05) is 31.9 Å². The third-order valence-corrected chi connectivity index (χ3v) is 5.94. The average Bonchev–Trinajstić information content (AvgIpc) is 3.29. The highest BCUT2D eigenvalue weighted by molar-refractivity contribution is 5.78. The smallest absolute Gasteiger partial charge is 0.227 e. The standard InChI is InChI=1S/C27H27N3O6/c1-16-13-21(32)25(34)26(36-16)19(18-9-10-20(31)22(14-18)35-3)15-23(33)29-24(17-7-5-4-6-8-17)27-28-11-12-30(27)2/h4-14,19,24,31,34H,15H2,1-3H3,(H,29,33)/t19-,24-/m0/s1. The first-order chi connectivity index (χ1) is 17.3. The zero-order valence-electron chi connectivity index (χ0n) is 20.1. The van der Waals surface area contributed by atoms with E-state index in [2.05, 4.69) is 10.3 Å². The lowest BCUT2D eigenvalue weighted by Crippen LogP contribution is -2.32. The van der Waals surface area contributed by atoms with Crippen LogP contribution in [0.4, 0.5) is 0 Å². The van der Waals surface area contributed by atoms with E-state index >= 15 is 0 Å². The molecule has 0 aliphatic rings. The van der Waals surface area contributed by atoms with Crippen molar-refractivity contribution in [2.24, 2.45) is 7.05 Å². The predicted molar refractivity (Wildman–Crippen MR) is 132 cm³/mol. The van der Waals surface area contributed by atoms with Crippen molar-refractivity contribution in [2.45, 2.75) is 25.3 Å². The molecule has 2 atom stereocenters. The Morgan fingerprint density at radius 2 is 1.89 bits per heavy atom. The highest BCUT2D eigenvalue weighted by atomic mass is 16.5. The van der Waals surface area contributed by atoms with Crippen LogP contribution >= 0.6 is 0 Å². The number of benzene rings is 2. The second-order valence-corrected chi connectivity index (χ2v) is 8.43. The zero-order valence-corrected chi connectivity index (χ0v) is 20.1. The number of carbonyl (C=O) groups is 1. The molecule has 3 N–H and O–H groups in total. The molecule has 9 nitrogen and oxygen atoms in total. The molecular weight excluding hydrogens is 462 g/mol. The maximum atomic E-state index is 13.5. The molecular formula is C27H27N3O6. The molecule has 186 valence electrons. The highest BCUT2D eigenvalue weighted by Gasteiger charge is 2.29. The summed E-state index contributed by atoms with van der Waals surface area (Å²) in [6, 6.07) is 14.6. The Kier molecular flexibility index (Phi) is 7.10. The minimum atomic E-state index is -0.843. The van der Waals surface area contributed by atoms with Crippen molar-refractivity contribution in [3.05, 3.63) is 106 Å². The van der Waals surface area contributed by atoms with E-state index in [0.29, 0.717) is 17.1 Å². The number of phenols is 1. The summed E-state index contributed by atoms with van der Waals surface area (Å²) < 4.78 is 12.8. The number of amides is 1. The van der Waals surface area contributed by atoms with Gasteiger partial charge in [-0.15, -0.1) is 0 Å². The number of hydrogen-bond acceptors (Lipinski definition) is 7. The Labute approximate surface area is 207 Å². The van der Waals surface area contributed by atoms with Gasteiger partial charge in [0.1, 0.15) is 17.6 Å². The summed E-state index contributed by atoms with van der Waals surface area (Å²) in [6.07, 6.45) is 3.28. The van der Waals surface area contributed by atoms with E-state index in [-0.39, 0.29) is 29.6 Å². The number of aryl methyl sites for hydroxylation is 2. The number of imidazole rings is 1. The van der Waals surface area contributed by atoms with Gasteiger partial charge in [-0.25, -0.2) is 4.98 Å². The van der Waals surface area contributed by atoms with E-state index < -0.39 is 23.1 Å². The van der Waals surface area contributed by atoms with Crippen LogP contribution in [0, 0.1) is 6.92 Å². The van der Waals surface area contributed by atoms with Crippen LogP contribution in [0.1, 0.15) is 46.9 Å². The summed E-state index contributed by atoms with van der Waals surface area (Å²) >= 11 is 0. The number of aromatic hydroxyl groups is 2. The van der Waals surface area contributed by atoms with Crippen LogP contribution in [0.3, 0.4) is 0 Å². The van der Waals surface area contributed by atoms with E-state index in [1.807, 2.05) is 41.9 Å². The monoisotopic (exact) mass is 489 g/mol. The van der Waals surface area contributed by atoms with Gasteiger partial charge in [0.05, 0.1) is 13.0 Å². The third kappa shape index (κ3) is 5.10. The lowest BCUT2D eigenvalue weighted by atomic mass is 9.91. The van der Waals surface area contributed by atoms with Gasteiger partial charge in [-0.3, -0.25) is 9.59 Å². The molecule has 0 bridgehead atoms. The Morgan fingerprint density at radius 3 is 2.56 bits per heavy atom. The Morgan fingerprint density at radius 1 is 1.14 bits per heavy atom. The van der Waals surface area contributed by atoms with Crippen LogP contribution in [-0.2, 0) is 11.8 Å². The number of hydrogen-bond donors (Lipinski definition) is 3. The summed E-state index contributed by atoms with van der Waals surface area (Å²) in [4.78, 5) is 30.2. The van der Waals surface area contributed by atoms with Gasteiger partial charge in [-0.2, -0.15) is 0 Å². The lowest BCUT2D eigenvalue weighted by molar-refractivity contribution is -0.122. The summed E-state index contributed by atoms with van der Waals surface area (Å²) in [5.41, 5.74) is 0.741. The molecule has 0 radical (unpaired) electrons. The van der Waals surface area contributed by atoms with Crippen molar-refractivity contribution in [1.82, 2.24) is 14.9 Å². The number of nitrogens with zero attached hydrogens (tertiary/aromatic N) is 2. The predicted octanol–water partition coefficient (Wildman–Crippen LogP) is 3.53. The van der Waals surface area contributed by atoms with Gasteiger partial charge in [0.25, 0.3) is 0 Å². The molecule has 0 saturated heterocycles. The van der Waals surface area contributed by atoms with Crippen LogP contribution in [-0.4, -0.2) is 32.8 Å². The fourth-order valence-corrected chi connectivity index (χ4v) is 4.14. The molecule has 0 fully saturated rings. The number of ether oxygens (including phenoxy) is 1. The number of aromatic nitrogens is 2. The van der Waals surface area contributed by atoms with Crippen molar-refractivity contribution in [1.29, 1.82) is 0 Å². The number of phenolic OH excluding ortho intramolecular Hbond substituents is 1. The lowest BCUT2D eigenvalue weighted by Gasteiger charge is -2.22. The van der Waals surface area contributed by atoms with Gasteiger partial charge in [0.15, 0.2) is 17.3 Å². The van der Waals surface area contributed by atoms with E-state index in [4.69, 9.17) is 9.15 Å². The molecule has 0 saturated carbocycles. The van der Waals surface area contributed by atoms with Crippen molar-refractivity contribution in [2.75, 3.05) is 7.11 Å². The second kappa shape index (κ2) is 10.4. The molecule has 9 heteroatoms. The molecule has 4 rings (SSSR count). The Hall–Kier alpha value is -4.53. The molecule has 0 spiro atoms. The van der Waals surface area contributed by atoms with E-state index in [1.165, 1.54) is 19.2 Å². The SMILES string of the molecule is COc1cc([C@H](CC(=O)N[C@@H](c2ccccc2)c2nccn2C)c2oc(C)cc(=O)c2O)ccc1O. The summed E-state index contributed by atoms with van der Waals surface area (Å²) in [5.74, 6) is -0.801. The minimum absolute atomic E-state index is 0.0452. The molecule has 2 aromatic carbocycles. The molecule has 0 aliphatic carbocycles. The fraction of sp³-hybridized carbons (Fsp3) is 0.222. The van der Waals surface area contributed by atoms with E-state index in [1.54, 1.807) is 31.5 Å². The fourth-order valence-electron chi connectivity index (χ4n) is 4.14. The zero-order chi connectivity index (χ0) is 25.8. The maximum Gasteiger partial charge on any atom is 0.227 e. The normalized spacial score (nSPS) is 12.6. The highest BCUT2D eigenvalue weighted by Crippen LogP contribution is 2.37. The van der Waals surface area contributed by atoms with Crippen LogP contribution in [0.2, 0.25) is 0 Å². The summed E-state index contributed by atoms with van der Waals surface area (Å²) in [7, 11) is 3.25. The molecule has 36 heavy (non-hydrogen) atoms. The number of nitrogens with one attached hydrogen (secondary N) is 1. The molecule has 2 aromatic heterocycles. The number of methoxy groups -OCH3 is 1. The number of carbonyl (C=O) groups excluding carboxylic acids is 1. The summed E-state index contributed by atoms with van der Waals surface area (Å²) in [6.45, 7) is 1.59. The first-order valence-electron chi connectivity index (χ1n) is 11.3. The molecule has 0 aliphatic heterocycles. The largest absolute Gasteiger partial charge is 0.504 e. The van der Waals surface area contributed by atoms with Crippen LogP contribution in [0.5, 0.6) is 17.2 Å². The van der Waals surface area contributed by atoms with Crippen LogP contribution in [0.25, 0.3) is 0 Å². The van der Waals surface area contributed by atoms with Crippen molar-refractivity contribution < 1.29 is 24.2 Å². The van der Waals surface area contributed by atoms with E-state index in [9.17, 15) is 19.8 Å². The van der Waals surface area contributed by atoms with Crippen molar-refractivity contribution in [3.8, 4) is 17.2 Å². The third-order valence-electron chi connectivity index (χ3n) is 5.94. The first-order valence-corrected chi connectivity index (χ1v) is 11.3. The molecule has 2 heterocycles. The average molecular weight is 490 g/mol. The van der Waals surface area contributed by atoms with Crippen LogP contribution < -0.4 is 15.5 Å². The van der Waals surface area contributed by atoms with Gasteiger partial charge < -0.3 is 29.3 Å². The minimum Gasteiger partial charge on any atom is -0.504 e.